The maximum Gasteiger partial charge on any atom is 0.163 e. The van der Waals surface area contributed by atoms with Gasteiger partial charge in [0.05, 0.1) is 11.4 Å². The van der Waals surface area contributed by atoms with Crippen molar-refractivity contribution in [2.75, 3.05) is 10.6 Å². The summed E-state index contributed by atoms with van der Waals surface area (Å²) in [6, 6.07) is 7.96. The lowest BCUT2D eigenvalue weighted by molar-refractivity contribution is -0.118. The zero-order valence-electron chi connectivity index (χ0n) is 16.1. The molecule has 1 aliphatic carbocycles. The van der Waals surface area contributed by atoms with Crippen LogP contribution in [0.2, 0.25) is 0 Å². The molecule has 1 aromatic heterocycles. The van der Waals surface area contributed by atoms with Gasteiger partial charge < -0.3 is 15.1 Å². The molecule has 0 radical (unpaired) electrons. The third-order valence-electron chi connectivity index (χ3n) is 5.47. The molecule has 4 rings (SSSR count). The Morgan fingerprint density at radius 1 is 1.04 bits per heavy atom. The number of nitrogens with one attached hydrogen (secondary N) is 2. The van der Waals surface area contributed by atoms with Crippen LogP contribution < -0.4 is 10.6 Å². The Hall–Kier alpha value is -2.49. The van der Waals surface area contributed by atoms with Crippen LogP contribution in [0.15, 0.2) is 40.0 Å². The van der Waals surface area contributed by atoms with Crippen molar-refractivity contribution in [3.63, 3.8) is 0 Å². The van der Waals surface area contributed by atoms with Gasteiger partial charge in [0, 0.05) is 17.7 Å². The van der Waals surface area contributed by atoms with Gasteiger partial charge in [0.2, 0.25) is 0 Å². The first-order chi connectivity index (χ1) is 12.2. The molecular weight excluding hydrogens is 324 g/mol. The molecule has 0 amide bonds. The molecule has 0 saturated heterocycles. The molecule has 4 heteroatoms. The second-order valence-corrected chi connectivity index (χ2v) is 8.47. The molecule has 0 spiro atoms. The summed E-state index contributed by atoms with van der Waals surface area (Å²) in [6.07, 6.45) is 1.40. The van der Waals surface area contributed by atoms with Crippen LogP contribution in [0.5, 0.6) is 0 Å². The fourth-order valence-electron chi connectivity index (χ4n) is 4.03. The molecule has 0 unspecified atom stereocenters. The second kappa shape index (κ2) is 5.76. The van der Waals surface area contributed by atoms with E-state index in [1.807, 2.05) is 19.1 Å². The number of aryl methyl sites for hydroxylation is 3. The largest absolute Gasteiger partial charge is 0.464 e. The summed E-state index contributed by atoms with van der Waals surface area (Å²) in [7, 11) is 0. The number of carbonyl (C=O) groups excluding carboxylic acids is 1. The van der Waals surface area contributed by atoms with Crippen molar-refractivity contribution < 1.29 is 9.21 Å². The minimum absolute atomic E-state index is 0.0448. The highest BCUT2D eigenvalue weighted by Gasteiger charge is 2.39. The standard InChI is InChI=1S/C22H26N2O2/c1-12-8-15-16(9-13(12)2)24-21(19-7-6-14(3)26-19)20-17(23-15)10-22(4,5)11-18(20)25/h6-9,21,23-24H,10-11H2,1-5H3/t21-/m1/s1. The van der Waals surface area contributed by atoms with E-state index in [2.05, 4.69) is 50.5 Å². The van der Waals surface area contributed by atoms with E-state index in [0.29, 0.717) is 6.42 Å². The van der Waals surface area contributed by atoms with Crippen LogP contribution in [0, 0.1) is 26.2 Å². The summed E-state index contributed by atoms with van der Waals surface area (Å²) in [5, 5.41) is 7.16. The molecule has 0 fully saturated rings. The van der Waals surface area contributed by atoms with Gasteiger partial charge in [0.15, 0.2) is 5.78 Å². The van der Waals surface area contributed by atoms with E-state index in [1.165, 1.54) is 11.1 Å². The Kier molecular flexibility index (Phi) is 3.76. The number of ketones is 1. The summed E-state index contributed by atoms with van der Waals surface area (Å²) in [5.74, 6) is 1.83. The highest BCUT2D eigenvalue weighted by molar-refractivity contribution is 6.01. The van der Waals surface area contributed by atoms with Crippen LogP contribution in [0.3, 0.4) is 0 Å². The first-order valence-electron chi connectivity index (χ1n) is 9.21. The SMILES string of the molecule is Cc1ccc([C@H]2Nc3cc(C)c(C)cc3NC3=C2C(=O)CC(C)(C)C3)o1. The van der Waals surface area contributed by atoms with Crippen molar-refractivity contribution in [3.8, 4) is 0 Å². The summed E-state index contributed by atoms with van der Waals surface area (Å²) >= 11 is 0. The lowest BCUT2D eigenvalue weighted by Gasteiger charge is -2.33. The molecule has 1 aliphatic heterocycles. The molecule has 2 N–H and O–H groups in total. The van der Waals surface area contributed by atoms with Crippen molar-refractivity contribution in [1.82, 2.24) is 0 Å². The van der Waals surface area contributed by atoms with Gasteiger partial charge in [-0.1, -0.05) is 13.8 Å². The lowest BCUT2D eigenvalue weighted by atomic mass is 9.74. The monoisotopic (exact) mass is 350 g/mol. The van der Waals surface area contributed by atoms with Gasteiger partial charge in [-0.25, -0.2) is 0 Å². The van der Waals surface area contributed by atoms with Gasteiger partial charge in [-0.2, -0.15) is 0 Å². The highest BCUT2D eigenvalue weighted by Crippen LogP contribution is 2.46. The van der Waals surface area contributed by atoms with Gasteiger partial charge in [-0.05, 0) is 68.0 Å². The molecule has 0 bridgehead atoms. The number of hydrogen-bond donors (Lipinski definition) is 2. The van der Waals surface area contributed by atoms with E-state index >= 15 is 0 Å². The van der Waals surface area contributed by atoms with Crippen molar-refractivity contribution in [2.24, 2.45) is 5.41 Å². The Morgan fingerprint density at radius 3 is 2.38 bits per heavy atom. The number of benzene rings is 1. The number of Topliss-reactive ketones (excluding diaryl/α,β-unsaturated/α-hetero) is 1. The minimum Gasteiger partial charge on any atom is -0.464 e. The number of fused-ring (bicyclic) bond motifs is 1. The molecular formula is C22H26N2O2. The molecule has 2 heterocycles. The third kappa shape index (κ3) is 2.83. The number of furan rings is 1. The molecule has 4 nitrogen and oxygen atoms in total. The average molecular weight is 350 g/mol. The Balaban J connectivity index is 1.90. The molecule has 26 heavy (non-hydrogen) atoms. The summed E-state index contributed by atoms with van der Waals surface area (Å²) < 4.78 is 5.92. The topological polar surface area (TPSA) is 54.3 Å². The van der Waals surface area contributed by atoms with Crippen LogP contribution in [-0.4, -0.2) is 5.78 Å². The van der Waals surface area contributed by atoms with Crippen LogP contribution in [0.1, 0.15) is 55.4 Å². The number of allylic oxidation sites excluding steroid dienone is 1. The predicted octanol–water partition coefficient (Wildman–Crippen LogP) is 5.43. The Bertz CT molecular complexity index is 934. The maximum atomic E-state index is 13.1. The number of rotatable bonds is 1. The van der Waals surface area contributed by atoms with Crippen LogP contribution in [0.4, 0.5) is 11.4 Å². The van der Waals surface area contributed by atoms with E-state index in [4.69, 9.17) is 4.42 Å². The van der Waals surface area contributed by atoms with Gasteiger partial charge in [-0.15, -0.1) is 0 Å². The summed E-state index contributed by atoms with van der Waals surface area (Å²) in [5.41, 5.74) is 6.26. The van der Waals surface area contributed by atoms with E-state index < -0.39 is 0 Å². The van der Waals surface area contributed by atoms with Crippen LogP contribution in [0.25, 0.3) is 0 Å². The van der Waals surface area contributed by atoms with Crippen molar-refractivity contribution in [3.05, 3.63) is 58.2 Å². The van der Waals surface area contributed by atoms with Crippen LogP contribution >= 0.6 is 0 Å². The molecule has 136 valence electrons. The molecule has 1 aromatic carbocycles. The van der Waals surface area contributed by atoms with Gasteiger partial charge in [0.1, 0.15) is 17.6 Å². The first kappa shape index (κ1) is 17.0. The number of carbonyl (C=O) groups is 1. The Morgan fingerprint density at radius 2 is 1.73 bits per heavy atom. The maximum absolute atomic E-state index is 13.1. The predicted molar refractivity (Wildman–Crippen MR) is 104 cm³/mol. The highest BCUT2D eigenvalue weighted by atomic mass is 16.3. The van der Waals surface area contributed by atoms with Gasteiger partial charge >= 0.3 is 0 Å². The minimum atomic E-state index is -0.266. The number of anilines is 2. The average Bonchev–Trinajstić information content (AvgIpc) is 2.89. The molecule has 2 aliphatic rings. The Labute approximate surface area is 154 Å². The fourth-order valence-corrected chi connectivity index (χ4v) is 4.03. The first-order valence-corrected chi connectivity index (χ1v) is 9.21. The van der Waals surface area contributed by atoms with Gasteiger partial charge in [-0.3, -0.25) is 4.79 Å². The van der Waals surface area contributed by atoms with E-state index in [-0.39, 0.29) is 17.2 Å². The third-order valence-corrected chi connectivity index (χ3v) is 5.47. The van der Waals surface area contributed by atoms with Crippen LogP contribution in [-0.2, 0) is 4.79 Å². The second-order valence-electron chi connectivity index (χ2n) is 8.47. The quantitative estimate of drug-likeness (QED) is 0.720. The van der Waals surface area contributed by atoms with Crippen molar-refractivity contribution >= 4 is 17.2 Å². The fraction of sp³-hybridized carbons (Fsp3) is 0.409. The zero-order chi connectivity index (χ0) is 18.6. The van der Waals surface area contributed by atoms with Crippen molar-refractivity contribution in [2.45, 2.75) is 53.5 Å². The lowest BCUT2D eigenvalue weighted by Crippen LogP contribution is -2.31. The number of hydrogen-bond acceptors (Lipinski definition) is 4. The molecule has 0 saturated carbocycles. The van der Waals surface area contributed by atoms with E-state index in [9.17, 15) is 4.79 Å². The zero-order valence-corrected chi connectivity index (χ0v) is 16.1. The molecule has 1 atom stereocenters. The van der Waals surface area contributed by atoms with Gasteiger partial charge in [0.25, 0.3) is 0 Å². The summed E-state index contributed by atoms with van der Waals surface area (Å²) in [6.45, 7) is 10.5. The van der Waals surface area contributed by atoms with E-state index in [1.54, 1.807) is 0 Å². The van der Waals surface area contributed by atoms with E-state index in [0.717, 1.165) is 40.6 Å². The smallest absolute Gasteiger partial charge is 0.163 e. The summed E-state index contributed by atoms with van der Waals surface area (Å²) in [4.78, 5) is 13.1. The van der Waals surface area contributed by atoms with Crippen molar-refractivity contribution in [1.29, 1.82) is 0 Å². The normalized spacial score (nSPS) is 21.4. The molecule has 2 aromatic rings.